The largest absolute Gasteiger partial charge is 0.480 e. The molecule has 4 heteroatoms. The van der Waals surface area contributed by atoms with Crippen molar-refractivity contribution in [1.82, 2.24) is 15.1 Å². The average molecular weight is 183 g/mol. The second-order valence-corrected chi connectivity index (χ2v) is 3.37. The Morgan fingerprint density at radius 2 is 2.31 bits per heavy atom. The molecule has 0 unspecified atom stereocenters. The number of hydrogen-bond donors (Lipinski definition) is 1. The number of aromatic nitrogens is 2. The SMILES string of the molecule is COc1nn(C)cc1CNC(C)C. The van der Waals surface area contributed by atoms with Gasteiger partial charge in [0.2, 0.25) is 5.88 Å². The number of nitrogens with one attached hydrogen (secondary N) is 1. The van der Waals surface area contributed by atoms with Crippen LogP contribution in [0.5, 0.6) is 5.88 Å². The van der Waals surface area contributed by atoms with Crippen molar-refractivity contribution >= 4 is 0 Å². The maximum absolute atomic E-state index is 5.13. The molecule has 0 radical (unpaired) electrons. The van der Waals surface area contributed by atoms with Crippen molar-refractivity contribution < 1.29 is 4.74 Å². The van der Waals surface area contributed by atoms with Gasteiger partial charge in [-0.1, -0.05) is 13.8 Å². The first-order valence-corrected chi connectivity index (χ1v) is 4.43. The zero-order chi connectivity index (χ0) is 9.84. The molecule has 0 saturated carbocycles. The lowest BCUT2D eigenvalue weighted by Crippen LogP contribution is -2.21. The van der Waals surface area contributed by atoms with E-state index in [9.17, 15) is 0 Å². The van der Waals surface area contributed by atoms with Crippen LogP contribution >= 0.6 is 0 Å². The lowest BCUT2D eigenvalue weighted by molar-refractivity contribution is 0.385. The van der Waals surface area contributed by atoms with Crippen molar-refractivity contribution in [2.24, 2.45) is 7.05 Å². The van der Waals surface area contributed by atoms with E-state index < -0.39 is 0 Å². The highest BCUT2D eigenvalue weighted by Crippen LogP contribution is 2.13. The Kier molecular flexibility index (Phi) is 3.31. The molecule has 1 rings (SSSR count). The van der Waals surface area contributed by atoms with E-state index in [1.165, 1.54) is 0 Å². The third kappa shape index (κ3) is 2.73. The molecule has 1 aromatic heterocycles. The summed E-state index contributed by atoms with van der Waals surface area (Å²) in [6, 6.07) is 0.477. The lowest BCUT2D eigenvalue weighted by Gasteiger charge is -2.06. The molecule has 4 nitrogen and oxygen atoms in total. The number of nitrogens with zero attached hydrogens (tertiary/aromatic N) is 2. The van der Waals surface area contributed by atoms with Gasteiger partial charge in [0.25, 0.3) is 0 Å². The number of hydrogen-bond acceptors (Lipinski definition) is 3. The Hall–Kier alpha value is -1.03. The van der Waals surface area contributed by atoms with E-state index in [4.69, 9.17) is 4.74 Å². The highest BCUT2D eigenvalue weighted by Gasteiger charge is 2.07. The molecule has 0 spiro atoms. The second kappa shape index (κ2) is 4.28. The van der Waals surface area contributed by atoms with E-state index in [1.807, 2.05) is 13.2 Å². The molecular weight excluding hydrogens is 166 g/mol. The summed E-state index contributed by atoms with van der Waals surface area (Å²) >= 11 is 0. The third-order valence-corrected chi connectivity index (χ3v) is 1.76. The van der Waals surface area contributed by atoms with Gasteiger partial charge < -0.3 is 10.1 Å². The van der Waals surface area contributed by atoms with Gasteiger partial charge in [-0.05, 0) is 0 Å². The standard InChI is InChI=1S/C9H17N3O/c1-7(2)10-5-8-6-12(3)11-9(8)13-4/h6-7,10H,5H2,1-4H3. The molecule has 1 aromatic rings. The van der Waals surface area contributed by atoms with Gasteiger partial charge in [0.1, 0.15) is 0 Å². The molecule has 0 bridgehead atoms. The predicted octanol–water partition coefficient (Wildman–Crippen LogP) is 0.927. The van der Waals surface area contributed by atoms with Crippen LogP contribution in [-0.2, 0) is 13.6 Å². The molecule has 74 valence electrons. The van der Waals surface area contributed by atoms with E-state index in [0.717, 1.165) is 12.1 Å². The normalized spacial score (nSPS) is 10.8. The summed E-state index contributed by atoms with van der Waals surface area (Å²) in [5.41, 5.74) is 1.10. The minimum atomic E-state index is 0.477. The molecule has 1 heterocycles. The summed E-state index contributed by atoms with van der Waals surface area (Å²) in [6.07, 6.45) is 1.97. The van der Waals surface area contributed by atoms with Gasteiger partial charge >= 0.3 is 0 Å². The summed E-state index contributed by atoms with van der Waals surface area (Å²) in [4.78, 5) is 0. The van der Waals surface area contributed by atoms with Crippen LogP contribution in [0.2, 0.25) is 0 Å². The Balaban J connectivity index is 2.64. The second-order valence-electron chi connectivity index (χ2n) is 3.37. The maximum atomic E-state index is 5.13. The Bertz CT molecular complexity index is 268. The van der Waals surface area contributed by atoms with Gasteiger partial charge in [0, 0.05) is 31.4 Å². The van der Waals surface area contributed by atoms with Crippen molar-refractivity contribution in [3.63, 3.8) is 0 Å². The average Bonchev–Trinajstić information content (AvgIpc) is 2.42. The van der Waals surface area contributed by atoms with Crippen molar-refractivity contribution in [3.05, 3.63) is 11.8 Å². The monoisotopic (exact) mass is 183 g/mol. The summed E-state index contributed by atoms with van der Waals surface area (Å²) in [7, 11) is 3.53. The molecule has 0 atom stereocenters. The molecule has 0 aliphatic rings. The highest BCUT2D eigenvalue weighted by atomic mass is 16.5. The quantitative estimate of drug-likeness (QED) is 0.754. The van der Waals surface area contributed by atoms with Gasteiger partial charge in [0.15, 0.2) is 0 Å². The summed E-state index contributed by atoms with van der Waals surface area (Å²) in [6.45, 7) is 5.03. The minimum Gasteiger partial charge on any atom is -0.480 e. The van der Waals surface area contributed by atoms with Crippen LogP contribution in [-0.4, -0.2) is 22.9 Å². The molecule has 0 fully saturated rings. The first-order chi connectivity index (χ1) is 6.13. The van der Waals surface area contributed by atoms with Crippen molar-refractivity contribution in [1.29, 1.82) is 0 Å². The molecule has 0 aliphatic carbocycles. The van der Waals surface area contributed by atoms with E-state index in [0.29, 0.717) is 11.9 Å². The van der Waals surface area contributed by atoms with Crippen LogP contribution in [0.3, 0.4) is 0 Å². The van der Waals surface area contributed by atoms with Crippen LogP contribution in [0.1, 0.15) is 19.4 Å². The molecule has 0 aromatic carbocycles. The molecule has 0 amide bonds. The molecule has 1 N–H and O–H groups in total. The van der Waals surface area contributed by atoms with Gasteiger partial charge in [0.05, 0.1) is 7.11 Å². The molecule has 13 heavy (non-hydrogen) atoms. The number of aryl methyl sites for hydroxylation is 1. The molecular formula is C9H17N3O. The molecule has 0 saturated heterocycles. The Morgan fingerprint density at radius 3 is 2.85 bits per heavy atom. The minimum absolute atomic E-state index is 0.477. The first kappa shape index (κ1) is 10.1. The first-order valence-electron chi connectivity index (χ1n) is 4.43. The third-order valence-electron chi connectivity index (χ3n) is 1.76. The van der Waals surface area contributed by atoms with Crippen LogP contribution in [0.15, 0.2) is 6.20 Å². The van der Waals surface area contributed by atoms with Crippen molar-refractivity contribution in [2.45, 2.75) is 26.4 Å². The smallest absolute Gasteiger partial charge is 0.237 e. The summed E-state index contributed by atoms with van der Waals surface area (Å²) < 4.78 is 6.89. The van der Waals surface area contributed by atoms with Crippen LogP contribution in [0.4, 0.5) is 0 Å². The van der Waals surface area contributed by atoms with Crippen molar-refractivity contribution in [3.8, 4) is 5.88 Å². The fourth-order valence-corrected chi connectivity index (χ4v) is 1.12. The fourth-order valence-electron chi connectivity index (χ4n) is 1.12. The Morgan fingerprint density at radius 1 is 1.62 bits per heavy atom. The maximum Gasteiger partial charge on any atom is 0.237 e. The van der Waals surface area contributed by atoms with Crippen molar-refractivity contribution in [2.75, 3.05) is 7.11 Å². The lowest BCUT2D eigenvalue weighted by atomic mass is 10.3. The number of methoxy groups -OCH3 is 1. The van der Waals surface area contributed by atoms with Gasteiger partial charge in [-0.2, -0.15) is 0 Å². The highest BCUT2D eigenvalue weighted by molar-refractivity contribution is 5.22. The topological polar surface area (TPSA) is 39.1 Å². The zero-order valence-corrected chi connectivity index (χ0v) is 8.66. The number of rotatable bonds is 4. The molecule has 0 aliphatic heterocycles. The summed E-state index contributed by atoms with van der Waals surface area (Å²) in [5, 5.41) is 7.48. The van der Waals surface area contributed by atoms with E-state index in [-0.39, 0.29) is 0 Å². The predicted molar refractivity (Wildman–Crippen MR) is 51.7 cm³/mol. The Labute approximate surface area is 78.9 Å². The van der Waals surface area contributed by atoms with Crippen LogP contribution in [0, 0.1) is 0 Å². The van der Waals surface area contributed by atoms with Crippen LogP contribution < -0.4 is 10.1 Å². The fraction of sp³-hybridized carbons (Fsp3) is 0.667. The van der Waals surface area contributed by atoms with E-state index in [1.54, 1.807) is 11.8 Å². The van der Waals surface area contributed by atoms with Gasteiger partial charge in [-0.25, -0.2) is 0 Å². The van der Waals surface area contributed by atoms with Gasteiger partial charge in [-0.3, -0.25) is 4.68 Å². The van der Waals surface area contributed by atoms with Gasteiger partial charge in [-0.15, -0.1) is 5.10 Å². The van der Waals surface area contributed by atoms with E-state index >= 15 is 0 Å². The summed E-state index contributed by atoms with van der Waals surface area (Å²) in [5.74, 6) is 0.704. The van der Waals surface area contributed by atoms with E-state index in [2.05, 4.69) is 24.3 Å². The van der Waals surface area contributed by atoms with Crippen LogP contribution in [0.25, 0.3) is 0 Å². The number of ether oxygens (including phenoxy) is 1. The zero-order valence-electron chi connectivity index (χ0n) is 8.66.